The van der Waals surface area contributed by atoms with Gasteiger partial charge in [0.2, 0.25) is 0 Å². The van der Waals surface area contributed by atoms with Gasteiger partial charge < -0.3 is 0 Å². The molecule has 0 saturated heterocycles. The largest absolute Gasteiger partial charge is 0.276 e. The average Bonchev–Trinajstić information content (AvgIpc) is 2.38. The zero-order valence-corrected chi connectivity index (χ0v) is 13.7. The normalized spacial score (nSPS) is 11.5. The number of pyridine rings is 1. The van der Waals surface area contributed by atoms with Crippen LogP contribution in [0.25, 0.3) is 0 Å². The molecule has 0 spiro atoms. The van der Waals surface area contributed by atoms with E-state index in [1.54, 1.807) is 0 Å². The lowest BCUT2D eigenvalue weighted by atomic mass is 10.2. The second-order valence-corrected chi connectivity index (χ2v) is 7.05. The zero-order valence-electron chi connectivity index (χ0n) is 10.5. The summed E-state index contributed by atoms with van der Waals surface area (Å²) in [5.74, 6) is -1.62. The minimum atomic E-state index is -4.20. The number of anilines is 1. The van der Waals surface area contributed by atoms with Gasteiger partial charge in [-0.2, -0.15) is 0 Å². The first-order valence-corrected chi connectivity index (χ1v) is 8.15. The number of nitrogens with zero attached hydrogens (tertiary/aromatic N) is 1. The summed E-state index contributed by atoms with van der Waals surface area (Å²) in [4.78, 5) is 3.32. The van der Waals surface area contributed by atoms with E-state index in [4.69, 9.17) is 11.6 Å². The average molecular weight is 398 g/mol. The Hall–Kier alpha value is -1.25. The Labute approximate surface area is 133 Å². The molecule has 0 saturated carbocycles. The number of rotatable bonds is 3. The van der Waals surface area contributed by atoms with Gasteiger partial charge in [-0.05, 0) is 40.5 Å². The predicted molar refractivity (Wildman–Crippen MR) is 78.9 cm³/mol. The number of sulfonamides is 1. The molecule has 0 aliphatic rings. The van der Waals surface area contributed by atoms with Crippen LogP contribution in [0.1, 0.15) is 5.56 Å². The summed E-state index contributed by atoms with van der Waals surface area (Å²) in [7, 11) is -4.20. The van der Waals surface area contributed by atoms with Crippen molar-refractivity contribution < 1.29 is 17.2 Å². The second-order valence-electron chi connectivity index (χ2n) is 4.13. The fraction of sp³-hybridized carbons (Fsp3) is 0.0833. The van der Waals surface area contributed by atoms with Crippen molar-refractivity contribution >= 4 is 43.2 Å². The van der Waals surface area contributed by atoms with E-state index in [1.165, 1.54) is 19.2 Å². The maximum Gasteiger partial charge on any atom is 0.265 e. The standard InChI is InChI=1S/C12H8BrClF2N2O2S/c1-6-2-9(16)10(4-8(6)15)18-21(19,20)11-3-7(13)5-17-12(11)14/h2-5,18H,1H3. The fourth-order valence-electron chi connectivity index (χ4n) is 1.52. The first-order chi connectivity index (χ1) is 9.70. The number of hydrogen-bond acceptors (Lipinski definition) is 3. The van der Waals surface area contributed by atoms with E-state index >= 15 is 0 Å². The highest BCUT2D eigenvalue weighted by atomic mass is 79.9. The highest BCUT2D eigenvalue weighted by Gasteiger charge is 2.21. The maximum atomic E-state index is 13.7. The number of aryl methyl sites for hydroxylation is 1. The van der Waals surface area contributed by atoms with Crippen LogP contribution in [-0.2, 0) is 10.0 Å². The molecule has 2 rings (SSSR count). The third-order valence-corrected chi connectivity index (χ3v) is 4.78. The van der Waals surface area contributed by atoms with Gasteiger partial charge in [-0.1, -0.05) is 11.6 Å². The predicted octanol–water partition coefficient (Wildman–Crippen LogP) is 3.88. The Kier molecular flexibility index (Phi) is 4.50. The van der Waals surface area contributed by atoms with Crippen LogP contribution in [0.15, 0.2) is 33.8 Å². The van der Waals surface area contributed by atoms with Gasteiger partial charge in [0.25, 0.3) is 10.0 Å². The van der Waals surface area contributed by atoms with Crippen LogP contribution in [0.4, 0.5) is 14.5 Å². The van der Waals surface area contributed by atoms with Crippen molar-refractivity contribution in [2.45, 2.75) is 11.8 Å². The minimum Gasteiger partial charge on any atom is -0.276 e. The molecule has 0 radical (unpaired) electrons. The Morgan fingerprint density at radius 2 is 1.90 bits per heavy atom. The molecule has 0 unspecified atom stereocenters. The third-order valence-electron chi connectivity index (χ3n) is 2.56. The van der Waals surface area contributed by atoms with E-state index < -0.39 is 27.3 Å². The minimum absolute atomic E-state index is 0.0672. The first kappa shape index (κ1) is 16.1. The lowest BCUT2D eigenvalue weighted by molar-refractivity contribution is 0.590. The molecule has 0 bridgehead atoms. The van der Waals surface area contributed by atoms with Crippen LogP contribution in [0.5, 0.6) is 0 Å². The van der Waals surface area contributed by atoms with Gasteiger partial charge in [0.1, 0.15) is 21.7 Å². The van der Waals surface area contributed by atoms with Crippen LogP contribution >= 0.6 is 27.5 Å². The SMILES string of the molecule is Cc1cc(F)c(NS(=O)(=O)c2cc(Br)cnc2Cl)cc1F. The first-order valence-electron chi connectivity index (χ1n) is 5.50. The summed E-state index contributed by atoms with van der Waals surface area (Å²) >= 11 is 8.79. The number of benzene rings is 1. The van der Waals surface area contributed by atoms with Crippen molar-refractivity contribution in [2.24, 2.45) is 0 Å². The number of aromatic nitrogens is 1. The Bertz CT molecular complexity index is 815. The quantitative estimate of drug-likeness (QED) is 0.800. The fourth-order valence-corrected chi connectivity index (χ4v) is 3.52. The highest BCUT2D eigenvalue weighted by molar-refractivity contribution is 9.10. The highest BCUT2D eigenvalue weighted by Crippen LogP contribution is 2.27. The zero-order chi connectivity index (χ0) is 15.8. The molecule has 4 nitrogen and oxygen atoms in total. The second kappa shape index (κ2) is 5.86. The van der Waals surface area contributed by atoms with Crippen molar-refractivity contribution in [1.29, 1.82) is 0 Å². The number of hydrogen-bond donors (Lipinski definition) is 1. The molecule has 0 aliphatic heterocycles. The van der Waals surface area contributed by atoms with E-state index in [2.05, 4.69) is 20.9 Å². The van der Waals surface area contributed by atoms with Gasteiger partial charge in [0, 0.05) is 16.7 Å². The lowest BCUT2D eigenvalue weighted by Gasteiger charge is -2.11. The Balaban J connectivity index is 2.47. The van der Waals surface area contributed by atoms with E-state index in [9.17, 15) is 17.2 Å². The number of nitrogens with one attached hydrogen (secondary N) is 1. The van der Waals surface area contributed by atoms with Crippen molar-refractivity contribution in [1.82, 2.24) is 4.98 Å². The van der Waals surface area contributed by atoms with Gasteiger partial charge in [-0.25, -0.2) is 22.2 Å². The summed E-state index contributed by atoms with van der Waals surface area (Å²) in [5.41, 5.74) is -0.438. The van der Waals surface area contributed by atoms with Crippen LogP contribution < -0.4 is 4.72 Å². The monoisotopic (exact) mass is 396 g/mol. The van der Waals surface area contributed by atoms with Gasteiger partial charge in [0.05, 0.1) is 5.69 Å². The molecule has 2 aromatic rings. The summed E-state index contributed by atoms with van der Waals surface area (Å²) in [5, 5.41) is -0.279. The summed E-state index contributed by atoms with van der Waals surface area (Å²) in [6.07, 6.45) is 1.31. The third kappa shape index (κ3) is 3.50. The molecule has 0 aliphatic carbocycles. The van der Waals surface area contributed by atoms with Crippen molar-refractivity contribution in [2.75, 3.05) is 4.72 Å². The molecular weight excluding hydrogens is 390 g/mol. The van der Waals surface area contributed by atoms with Gasteiger partial charge >= 0.3 is 0 Å². The molecule has 9 heteroatoms. The topological polar surface area (TPSA) is 59.1 Å². The number of halogens is 4. The van der Waals surface area contributed by atoms with E-state index in [0.29, 0.717) is 4.47 Å². The summed E-state index contributed by atoms with van der Waals surface area (Å²) < 4.78 is 53.8. The van der Waals surface area contributed by atoms with E-state index in [0.717, 1.165) is 12.1 Å². The van der Waals surface area contributed by atoms with E-state index in [-0.39, 0.29) is 15.6 Å². The molecule has 0 atom stereocenters. The smallest absolute Gasteiger partial charge is 0.265 e. The molecule has 1 aromatic carbocycles. The van der Waals surface area contributed by atoms with Gasteiger partial charge in [-0.3, -0.25) is 4.72 Å². The maximum absolute atomic E-state index is 13.7. The molecule has 0 amide bonds. The summed E-state index contributed by atoms with van der Waals surface area (Å²) in [6.45, 7) is 1.37. The molecule has 21 heavy (non-hydrogen) atoms. The Morgan fingerprint density at radius 3 is 2.57 bits per heavy atom. The lowest BCUT2D eigenvalue weighted by Crippen LogP contribution is -2.15. The Morgan fingerprint density at radius 1 is 1.24 bits per heavy atom. The van der Waals surface area contributed by atoms with Crippen molar-refractivity contribution in [3.05, 3.63) is 51.2 Å². The van der Waals surface area contributed by atoms with Crippen molar-refractivity contribution in [3.63, 3.8) is 0 Å². The molecule has 1 aromatic heterocycles. The van der Waals surface area contributed by atoms with Crippen molar-refractivity contribution in [3.8, 4) is 0 Å². The van der Waals surface area contributed by atoms with Crippen LogP contribution in [0, 0.1) is 18.6 Å². The molecule has 0 fully saturated rings. The van der Waals surface area contributed by atoms with Gasteiger partial charge in [-0.15, -0.1) is 0 Å². The van der Waals surface area contributed by atoms with Crippen LogP contribution in [-0.4, -0.2) is 13.4 Å². The summed E-state index contributed by atoms with van der Waals surface area (Å²) in [6, 6.07) is 2.87. The molecule has 1 heterocycles. The van der Waals surface area contributed by atoms with Crippen LogP contribution in [0.3, 0.4) is 0 Å². The van der Waals surface area contributed by atoms with E-state index in [1.807, 2.05) is 4.72 Å². The van der Waals surface area contributed by atoms with Gasteiger partial charge in [0.15, 0.2) is 0 Å². The molecular formula is C12H8BrClF2N2O2S. The molecule has 112 valence electrons. The van der Waals surface area contributed by atoms with Crippen LogP contribution in [0.2, 0.25) is 5.15 Å². The molecule has 1 N–H and O–H groups in total.